The van der Waals surface area contributed by atoms with Crippen molar-refractivity contribution < 1.29 is 48.6 Å². The number of hydrogen-bond acceptors (Lipinski definition) is 1. The van der Waals surface area contributed by atoms with Crippen LogP contribution in [0.4, 0.5) is 43.9 Å². The van der Waals surface area contributed by atoms with Gasteiger partial charge < -0.3 is 4.74 Å². The summed E-state index contributed by atoms with van der Waals surface area (Å²) >= 11 is 0. The van der Waals surface area contributed by atoms with Crippen molar-refractivity contribution in [2.45, 2.75) is 55.5 Å². The SMILES string of the molecule is CCOC(C)C1(F)C(F)C(F)(F)C(F)(F)C(F)(F)C1(F)F. The summed E-state index contributed by atoms with van der Waals surface area (Å²) < 4.78 is 137. The summed E-state index contributed by atoms with van der Waals surface area (Å²) in [5, 5.41) is 0. The van der Waals surface area contributed by atoms with E-state index in [1.807, 2.05) is 0 Å². The Morgan fingerprint density at radius 2 is 1.29 bits per heavy atom. The third-order valence-corrected chi connectivity index (χ3v) is 3.38. The van der Waals surface area contributed by atoms with Gasteiger partial charge in [0.1, 0.15) is 0 Å². The van der Waals surface area contributed by atoms with Crippen molar-refractivity contribution in [2.75, 3.05) is 6.61 Å². The fourth-order valence-corrected chi connectivity index (χ4v) is 2.06. The third-order valence-electron chi connectivity index (χ3n) is 3.38. The van der Waals surface area contributed by atoms with E-state index in [-0.39, 0.29) is 6.92 Å². The Bertz CT molecular complexity index is 409. The molecule has 1 saturated carbocycles. The predicted molar refractivity (Wildman–Crippen MR) is 49.6 cm³/mol. The molecule has 0 bridgehead atoms. The van der Waals surface area contributed by atoms with Gasteiger partial charge in [-0.1, -0.05) is 0 Å². The molecule has 0 radical (unpaired) electrons. The zero-order valence-corrected chi connectivity index (χ0v) is 10.5. The van der Waals surface area contributed by atoms with Crippen LogP contribution in [-0.2, 0) is 4.74 Å². The first kappa shape index (κ1) is 18.3. The van der Waals surface area contributed by atoms with E-state index in [2.05, 4.69) is 4.74 Å². The van der Waals surface area contributed by atoms with Crippen LogP contribution >= 0.6 is 0 Å². The van der Waals surface area contributed by atoms with E-state index < -0.39 is 48.2 Å². The topological polar surface area (TPSA) is 9.23 Å². The Kier molecular flexibility index (Phi) is 4.03. The highest BCUT2D eigenvalue weighted by atomic mass is 19.4. The lowest BCUT2D eigenvalue weighted by atomic mass is 9.71. The maximum atomic E-state index is 14.1. The van der Waals surface area contributed by atoms with Crippen LogP contribution in [0.2, 0.25) is 0 Å². The standard InChI is InChI=1S/C10H10F10O/c1-3-21-4(2)6(12)5(11)7(13,14)9(17,18)10(19,20)8(6,15)16/h4-5H,3H2,1-2H3. The Balaban J connectivity index is 3.60. The smallest absolute Gasteiger partial charge is 0.375 e. The van der Waals surface area contributed by atoms with Crippen molar-refractivity contribution in [1.29, 1.82) is 0 Å². The van der Waals surface area contributed by atoms with Crippen LogP contribution in [-0.4, -0.2) is 48.2 Å². The molecule has 0 aromatic rings. The average molecular weight is 336 g/mol. The Hall–Kier alpha value is -0.740. The minimum atomic E-state index is -6.81. The average Bonchev–Trinajstić information content (AvgIpc) is 2.34. The zero-order chi connectivity index (χ0) is 17.1. The van der Waals surface area contributed by atoms with E-state index >= 15 is 0 Å². The van der Waals surface area contributed by atoms with Gasteiger partial charge in [0.25, 0.3) is 0 Å². The Morgan fingerprint density at radius 3 is 1.67 bits per heavy atom. The van der Waals surface area contributed by atoms with E-state index in [9.17, 15) is 43.9 Å². The highest BCUT2D eigenvalue weighted by Crippen LogP contribution is 2.65. The molecule has 1 rings (SSSR count). The molecule has 0 N–H and O–H groups in total. The lowest BCUT2D eigenvalue weighted by Gasteiger charge is -2.51. The van der Waals surface area contributed by atoms with Gasteiger partial charge in [0, 0.05) is 6.61 Å². The molecule has 0 aromatic carbocycles. The second kappa shape index (κ2) is 4.63. The van der Waals surface area contributed by atoms with Crippen LogP contribution in [0.1, 0.15) is 13.8 Å². The number of hydrogen-bond donors (Lipinski definition) is 0. The molecule has 11 heteroatoms. The summed E-state index contributed by atoms with van der Waals surface area (Å²) in [6.45, 7) is 0.710. The van der Waals surface area contributed by atoms with Crippen LogP contribution in [0, 0.1) is 0 Å². The molecule has 3 unspecified atom stereocenters. The van der Waals surface area contributed by atoms with Crippen LogP contribution in [0.5, 0.6) is 0 Å². The monoisotopic (exact) mass is 336 g/mol. The fourth-order valence-electron chi connectivity index (χ4n) is 2.06. The van der Waals surface area contributed by atoms with E-state index in [0.29, 0.717) is 0 Å². The lowest BCUT2D eigenvalue weighted by molar-refractivity contribution is -0.450. The van der Waals surface area contributed by atoms with E-state index in [1.165, 1.54) is 0 Å². The molecule has 21 heavy (non-hydrogen) atoms. The van der Waals surface area contributed by atoms with Gasteiger partial charge in [-0.25, -0.2) is 8.78 Å². The summed E-state index contributed by atoms with van der Waals surface area (Å²) in [5.74, 6) is -26.4. The van der Waals surface area contributed by atoms with Gasteiger partial charge in [0.2, 0.25) is 11.8 Å². The van der Waals surface area contributed by atoms with E-state index in [0.717, 1.165) is 6.92 Å². The first-order chi connectivity index (χ1) is 9.14. The second-order valence-electron chi connectivity index (χ2n) is 4.57. The Morgan fingerprint density at radius 1 is 0.857 bits per heavy atom. The molecule has 1 nitrogen and oxygen atoms in total. The highest BCUT2D eigenvalue weighted by molar-refractivity contribution is 5.24. The fraction of sp³-hybridized carbons (Fsp3) is 1.00. The van der Waals surface area contributed by atoms with Gasteiger partial charge in [0.15, 0.2) is 0 Å². The molecule has 126 valence electrons. The number of alkyl halides is 10. The van der Waals surface area contributed by atoms with Crippen LogP contribution in [0.3, 0.4) is 0 Å². The van der Waals surface area contributed by atoms with Gasteiger partial charge in [-0.2, -0.15) is 35.1 Å². The quantitative estimate of drug-likeness (QED) is 0.708. The maximum absolute atomic E-state index is 14.1. The molecular formula is C10H10F10O. The van der Waals surface area contributed by atoms with Gasteiger partial charge >= 0.3 is 23.7 Å². The van der Waals surface area contributed by atoms with Gasteiger partial charge in [-0.15, -0.1) is 0 Å². The third kappa shape index (κ3) is 1.81. The number of halogens is 10. The van der Waals surface area contributed by atoms with Gasteiger partial charge in [-0.3, -0.25) is 0 Å². The Labute approximate surface area is 112 Å². The molecular weight excluding hydrogens is 326 g/mol. The minimum absolute atomic E-state index is 0.277. The molecule has 1 fully saturated rings. The molecule has 1 aliphatic carbocycles. The summed E-state index contributed by atoms with van der Waals surface area (Å²) in [7, 11) is 0. The highest BCUT2D eigenvalue weighted by Gasteiger charge is 2.95. The van der Waals surface area contributed by atoms with Gasteiger partial charge in [0.05, 0.1) is 6.10 Å². The molecule has 0 amide bonds. The van der Waals surface area contributed by atoms with Crippen molar-refractivity contribution in [1.82, 2.24) is 0 Å². The van der Waals surface area contributed by atoms with Crippen LogP contribution in [0.15, 0.2) is 0 Å². The van der Waals surface area contributed by atoms with E-state index in [1.54, 1.807) is 0 Å². The van der Waals surface area contributed by atoms with E-state index in [4.69, 9.17) is 0 Å². The molecule has 3 atom stereocenters. The largest absolute Gasteiger partial charge is 0.381 e. The van der Waals surface area contributed by atoms with Crippen molar-refractivity contribution in [3.63, 3.8) is 0 Å². The van der Waals surface area contributed by atoms with Crippen molar-refractivity contribution >= 4 is 0 Å². The molecule has 0 heterocycles. The normalized spacial score (nSPS) is 38.0. The first-order valence-corrected chi connectivity index (χ1v) is 5.59. The summed E-state index contributed by atoms with van der Waals surface area (Å²) in [4.78, 5) is 0. The van der Waals surface area contributed by atoms with Crippen LogP contribution in [0.25, 0.3) is 0 Å². The maximum Gasteiger partial charge on any atom is 0.381 e. The first-order valence-electron chi connectivity index (χ1n) is 5.59. The number of ether oxygens (including phenoxy) is 1. The lowest BCUT2D eigenvalue weighted by Crippen LogP contribution is -2.82. The van der Waals surface area contributed by atoms with Crippen molar-refractivity contribution in [3.8, 4) is 0 Å². The molecule has 1 aliphatic rings. The van der Waals surface area contributed by atoms with Crippen molar-refractivity contribution in [2.24, 2.45) is 0 Å². The second-order valence-corrected chi connectivity index (χ2v) is 4.57. The molecule has 0 aromatic heterocycles. The summed E-state index contributed by atoms with van der Waals surface area (Å²) in [6.07, 6.45) is -7.71. The zero-order valence-electron chi connectivity index (χ0n) is 10.5. The van der Waals surface area contributed by atoms with Gasteiger partial charge in [-0.05, 0) is 13.8 Å². The predicted octanol–water partition coefficient (Wildman–Crippen LogP) is 4.01. The molecule has 0 spiro atoms. The van der Waals surface area contributed by atoms with Crippen molar-refractivity contribution in [3.05, 3.63) is 0 Å². The molecule has 0 aliphatic heterocycles. The van der Waals surface area contributed by atoms with Crippen LogP contribution < -0.4 is 0 Å². The minimum Gasteiger partial charge on any atom is -0.375 e. The number of rotatable bonds is 3. The molecule has 0 saturated heterocycles. The summed E-state index contributed by atoms with van der Waals surface area (Å²) in [6, 6.07) is 0. The summed E-state index contributed by atoms with van der Waals surface area (Å²) in [5.41, 5.74) is -5.34.